The summed E-state index contributed by atoms with van der Waals surface area (Å²) in [7, 11) is 3.82. The van der Waals surface area contributed by atoms with Crippen molar-refractivity contribution < 1.29 is 14.7 Å². The minimum atomic E-state index is -0.191. The maximum absolute atomic E-state index is 12.6. The summed E-state index contributed by atoms with van der Waals surface area (Å²) in [6.45, 7) is 3.55. The molecule has 3 aromatic carbocycles. The van der Waals surface area contributed by atoms with Crippen molar-refractivity contribution in [1.29, 1.82) is 0 Å². The van der Waals surface area contributed by atoms with Gasteiger partial charge in [0.25, 0.3) is 11.8 Å². The first-order chi connectivity index (χ1) is 17.8. The maximum atomic E-state index is 12.6. The lowest BCUT2D eigenvalue weighted by Crippen LogP contribution is -2.25. The van der Waals surface area contributed by atoms with Gasteiger partial charge in [-0.1, -0.05) is 13.0 Å². The standard InChI is InChI=1S/C29H33N5O3/c1-20-18-27(34(3)19-20)29(37)32-25-12-8-23(9-13-25)30-22-6-10-24(11-7-22)31-28(36)21-4-14-26(15-5-21)33(2)16-17-35/h4-15,18,20,30,35H,16-17,19H2,1-3H3,(H,31,36)(H,32,37). The van der Waals surface area contributed by atoms with E-state index in [1.165, 1.54) is 0 Å². The van der Waals surface area contributed by atoms with Gasteiger partial charge in [-0.3, -0.25) is 9.59 Å². The van der Waals surface area contributed by atoms with Crippen LogP contribution in [0.4, 0.5) is 28.4 Å². The number of amides is 2. The highest BCUT2D eigenvalue weighted by Gasteiger charge is 2.22. The first-order valence-electron chi connectivity index (χ1n) is 12.3. The van der Waals surface area contributed by atoms with Crippen LogP contribution in [0.1, 0.15) is 17.3 Å². The summed E-state index contributed by atoms with van der Waals surface area (Å²) in [5, 5.41) is 18.3. The summed E-state index contributed by atoms with van der Waals surface area (Å²) in [5.41, 5.74) is 5.37. The second kappa shape index (κ2) is 11.6. The maximum Gasteiger partial charge on any atom is 0.271 e. The molecule has 1 aliphatic heterocycles. The highest BCUT2D eigenvalue weighted by atomic mass is 16.3. The molecule has 0 aromatic heterocycles. The predicted molar refractivity (Wildman–Crippen MR) is 149 cm³/mol. The van der Waals surface area contributed by atoms with E-state index in [0.29, 0.717) is 29.4 Å². The van der Waals surface area contributed by atoms with Crippen LogP contribution in [0, 0.1) is 5.92 Å². The average molecular weight is 500 g/mol. The second-order valence-electron chi connectivity index (χ2n) is 9.29. The van der Waals surface area contributed by atoms with Crippen molar-refractivity contribution in [2.75, 3.05) is 54.6 Å². The largest absolute Gasteiger partial charge is 0.395 e. The number of anilines is 5. The minimum absolute atomic E-state index is 0.0726. The molecule has 192 valence electrons. The van der Waals surface area contributed by atoms with Crippen molar-refractivity contribution >= 4 is 40.3 Å². The normalized spacial score (nSPS) is 14.6. The van der Waals surface area contributed by atoms with Crippen LogP contribution in [0.5, 0.6) is 0 Å². The third-order valence-electron chi connectivity index (χ3n) is 6.23. The molecule has 8 nitrogen and oxygen atoms in total. The average Bonchev–Trinajstić information content (AvgIpc) is 3.24. The first-order valence-corrected chi connectivity index (χ1v) is 12.3. The molecule has 0 aliphatic carbocycles. The molecule has 1 unspecified atom stereocenters. The molecule has 1 aliphatic rings. The highest BCUT2D eigenvalue weighted by molar-refractivity contribution is 6.04. The number of aliphatic hydroxyl groups is 1. The Morgan fingerprint density at radius 1 is 0.865 bits per heavy atom. The summed E-state index contributed by atoms with van der Waals surface area (Å²) in [6.07, 6.45) is 1.99. The Bertz CT molecular complexity index is 1250. The molecule has 4 rings (SSSR count). The minimum Gasteiger partial charge on any atom is -0.395 e. The van der Waals surface area contributed by atoms with Gasteiger partial charge in [-0.15, -0.1) is 0 Å². The van der Waals surface area contributed by atoms with Gasteiger partial charge in [-0.05, 0) is 78.7 Å². The lowest BCUT2D eigenvalue weighted by atomic mass is 10.1. The van der Waals surface area contributed by atoms with Crippen LogP contribution in [0.3, 0.4) is 0 Å². The molecule has 8 heteroatoms. The van der Waals surface area contributed by atoms with Crippen LogP contribution >= 0.6 is 0 Å². The summed E-state index contributed by atoms with van der Waals surface area (Å²) in [5.74, 6) is 0.0765. The number of benzene rings is 3. The van der Waals surface area contributed by atoms with E-state index in [4.69, 9.17) is 5.11 Å². The van der Waals surface area contributed by atoms with Gasteiger partial charge >= 0.3 is 0 Å². The van der Waals surface area contributed by atoms with Gasteiger partial charge in [0.2, 0.25) is 0 Å². The monoisotopic (exact) mass is 499 g/mol. The van der Waals surface area contributed by atoms with Crippen LogP contribution in [0.25, 0.3) is 0 Å². The number of nitrogens with zero attached hydrogens (tertiary/aromatic N) is 2. The van der Waals surface area contributed by atoms with E-state index in [2.05, 4.69) is 22.9 Å². The van der Waals surface area contributed by atoms with Gasteiger partial charge in [0.15, 0.2) is 0 Å². The van der Waals surface area contributed by atoms with Crippen LogP contribution < -0.4 is 20.9 Å². The molecule has 1 heterocycles. The number of carbonyl (C=O) groups excluding carboxylic acids is 2. The van der Waals surface area contributed by atoms with Crippen LogP contribution in [-0.2, 0) is 4.79 Å². The van der Waals surface area contributed by atoms with E-state index in [1.54, 1.807) is 12.1 Å². The summed E-state index contributed by atoms with van der Waals surface area (Å²) in [4.78, 5) is 29.0. The topological polar surface area (TPSA) is 96.9 Å². The molecule has 0 spiro atoms. The number of rotatable bonds is 9. The smallest absolute Gasteiger partial charge is 0.271 e. The SMILES string of the molecule is CC1C=C(C(=O)Nc2ccc(Nc3ccc(NC(=O)c4ccc(N(C)CCO)cc4)cc3)cc2)N(C)C1. The van der Waals surface area contributed by atoms with Gasteiger partial charge in [-0.25, -0.2) is 0 Å². The molecule has 4 N–H and O–H groups in total. The van der Waals surface area contributed by atoms with E-state index in [9.17, 15) is 9.59 Å². The molecule has 0 radical (unpaired) electrons. The third-order valence-corrected chi connectivity index (χ3v) is 6.23. The number of likely N-dealkylation sites (N-methyl/N-ethyl adjacent to an activating group) is 2. The molecule has 0 saturated heterocycles. The molecule has 0 bridgehead atoms. The van der Waals surface area contributed by atoms with Crippen LogP contribution in [0.15, 0.2) is 84.6 Å². The fourth-order valence-corrected chi connectivity index (χ4v) is 4.21. The first kappa shape index (κ1) is 25.8. The lowest BCUT2D eigenvalue weighted by Gasteiger charge is -2.18. The Morgan fingerprint density at radius 3 is 1.86 bits per heavy atom. The Hall–Kier alpha value is -4.30. The van der Waals surface area contributed by atoms with E-state index in [-0.39, 0.29) is 18.4 Å². The van der Waals surface area contributed by atoms with Gasteiger partial charge < -0.3 is 30.9 Å². The quantitative estimate of drug-likeness (QED) is 0.346. The van der Waals surface area contributed by atoms with Crippen molar-refractivity contribution in [2.24, 2.45) is 5.92 Å². The van der Waals surface area contributed by atoms with E-state index in [0.717, 1.165) is 29.3 Å². The molecule has 1 atom stereocenters. The number of carbonyl (C=O) groups is 2. The van der Waals surface area contributed by atoms with Gasteiger partial charge in [0, 0.05) is 61.2 Å². The van der Waals surface area contributed by atoms with Crippen molar-refractivity contribution in [3.8, 4) is 0 Å². The van der Waals surface area contributed by atoms with Gasteiger partial charge in [0.05, 0.1) is 12.3 Å². The number of aliphatic hydroxyl groups excluding tert-OH is 1. The number of hydrogen-bond acceptors (Lipinski definition) is 6. The molecule has 0 fully saturated rings. The number of nitrogens with one attached hydrogen (secondary N) is 3. The van der Waals surface area contributed by atoms with E-state index >= 15 is 0 Å². The zero-order valence-corrected chi connectivity index (χ0v) is 21.4. The lowest BCUT2D eigenvalue weighted by molar-refractivity contribution is -0.114. The highest BCUT2D eigenvalue weighted by Crippen LogP contribution is 2.23. The van der Waals surface area contributed by atoms with Gasteiger partial charge in [0.1, 0.15) is 0 Å². The molecule has 3 aromatic rings. The summed E-state index contributed by atoms with van der Waals surface area (Å²) < 4.78 is 0. The van der Waals surface area contributed by atoms with E-state index < -0.39 is 0 Å². The summed E-state index contributed by atoms with van der Waals surface area (Å²) in [6, 6.07) is 22.2. The van der Waals surface area contributed by atoms with Crippen molar-refractivity contribution in [1.82, 2.24) is 4.90 Å². The molecule has 37 heavy (non-hydrogen) atoms. The van der Waals surface area contributed by atoms with Gasteiger partial charge in [-0.2, -0.15) is 0 Å². The van der Waals surface area contributed by atoms with Crippen molar-refractivity contribution in [3.05, 3.63) is 90.1 Å². The predicted octanol–water partition coefficient (Wildman–Crippen LogP) is 4.51. The molecule has 2 amide bonds. The fourth-order valence-electron chi connectivity index (χ4n) is 4.21. The fraction of sp³-hybridized carbons (Fsp3) is 0.241. The van der Waals surface area contributed by atoms with Crippen molar-refractivity contribution in [2.45, 2.75) is 6.92 Å². The Labute approximate surface area is 217 Å². The third kappa shape index (κ3) is 6.68. The van der Waals surface area contributed by atoms with Crippen LogP contribution in [0.2, 0.25) is 0 Å². The van der Waals surface area contributed by atoms with E-state index in [1.807, 2.05) is 90.6 Å². The van der Waals surface area contributed by atoms with Crippen LogP contribution in [-0.4, -0.2) is 55.6 Å². The zero-order chi connectivity index (χ0) is 26.4. The zero-order valence-electron chi connectivity index (χ0n) is 21.4. The summed E-state index contributed by atoms with van der Waals surface area (Å²) >= 11 is 0. The second-order valence-corrected chi connectivity index (χ2v) is 9.29. The Balaban J connectivity index is 1.30. The van der Waals surface area contributed by atoms with Crippen molar-refractivity contribution in [3.63, 3.8) is 0 Å². The molecular formula is C29H33N5O3. The Kier molecular flexibility index (Phi) is 8.10. The Morgan fingerprint density at radius 2 is 1.38 bits per heavy atom. The number of hydrogen-bond donors (Lipinski definition) is 4. The molecular weight excluding hydrogens is 466 g/mol. The molecule has 0 saturated carbocycles.